The molecule has 0 radical (unpaired) electrons. The third kappa shape index (κ3) is 4.08. The van der Waals surface area contributed by atoms with Gasteiger partial charge in [-0.3, -0.25) is 0 Å². The van der Waals surface area contributed by atoms with Crippen molar-refractivity contribution in [3.8, 4) is 16.9 Å². The smallest absolute Gasteiger partial charge is 0.119 e. The first-order chi connectivity index (χ1) is 10.3. The average molecular weight is 283 g/mol. The summed E-state index contributed by atoms with van der Waals surface area (Å²) < 4.78 is 5.37. The first kappa shape index (κ1) is 15.6. The molecule has 112 valence electrons. The van der Waals surface area contributed by atoms with Gasteiger partial charge in [-0.1, -0.05) is 44.2 Å². The Morgan fingerprint density at radius 2 is 1.90 bits per heavy atom. The van der Waals surface area contributed by atoms with Gasteiger partial charge in [0.2, 0.25) is 0 Å². The molecule has 2 nitrogen and oxygen atoms in total. The number of hydrogen-bond donors (Lipinski definition) is 1. The molecular weight excluding hydrogens is 258 g/mol. The summed E-state index contributed by atoms with van der Waals surface area (Å²) in [5.74, 6) is 0.915. The summed E-state index contributed by atoms with van der Waals surface area (Å²) in [6.07, 6.45) is 2.21. The van der Waals surface area contributed by atoms with Gasteiger partial charge in [0.1, 0.15) is 5.75 Å². The lowest BCUT2D eigenvalue weighted by atomic mass is 9.97. The van der Waals surface area contributed by atoms with Crippen molar-refractivity contribution in [3.63, 3.8) is 0 Å². The van der Waals surface area contributed by atoms with Gasteiger partial charge < -0.3 is 10.1 Å². The Hall–Kier alpha value is -1.80. The van der Waals surface area contributed by atoms with E-state index in [1.54, 1.807) is 7.11 Å². The van der Waals surface area contributed by atoms with Crippen LogP contribution < -0.4 is 10.1 Å². The van der Waals surface area contributed by atoms with Crippen molar-refractivity contribution in [1.82, 2.24) is 5.32 Å². The highest BCUT2D eigenvalue weighted by Gasteiger charge is 2.07. The molecule has 0 bridgehead atoms. The van der Waals surface area contributed by atoms with E-state index in [4.69, 9.17) is 4.74 Å². The number of nitrogens with one attached hydrogen (secondary N) is 1. The van der Waals surface area contributed by atoms with Crippen molar-refractivity contribution in [3.05, 3.63) is 53.6 Å². The fourth-order valence-electron chi connectivity index (χ4n) is 2.48. The van der Waals surface area contributed by atoms with Crippen LogP contribution in [0.3, 0.4) is 0 Å². The van der Waals surface area contributed by atoms with E-state index in [1.165, 1.54) is 22.3 Å². The Morgan fingerprint density at radius 1 is 1.05 bits per heavy atom. The zero-order valence-corrected chi connectivity index (χ0v) is 13.3. The molecule has 0 unspecified atom stereocenters. The summed E-state index contributed by atoms with van der Waals surface area (Å²) in [5.41, 5.74) is 5.23. The van der Waals surface area contributed by atoms with E-state index in [0.717, 1.165) is 31.7 Å². The van der Waals surface area contributed by atoms with E-state index in [2.05, 4.69) is 55.6 Å². The molecule has 21 heavy (non-hydrogen) atoms. The Balaban J connectivity index is 2.35. The van der Waals surface area contributed by atoms with E-state index < -0.39 is 0 Å². The maximum Gasteiger partial charge on any atom is 0.119 e. The highest BCUT2D eigenvalue weighted by molar-refractivity contribution is 5.69. The van der Waals surface area contributed by atoms with Crippen LogP contribution >= 0.6 is 0 Å². The maximum atomic E-state index is 5.37. The van der Waals surface area contributed by atoms with Crippen LogP contribution in [0, 0.1) is 0 Å². The lowest BCUT2D eigenvalue weighted by molar-refractivity contribution is 0.414. The van der Waals surface area contributed by atoms with Gasteiger partial charge in [-0.25, -0.2) is 0 Å². The standard InChI is InChI=1S/C19H25NO/c1-4-11-20-14-17-13-18(21-3)9-10-19(17)16-8-6-7-15(5-2)12-16/h6-10,12-13,20H,4-5,11,14H2,1-3H3. The molecule has 0 fully saturated rings. The molecule has 0 aliphatic heterocycles. The Kier molecular flexibility index (Phi) is 5.82. The van der Waals surface area contributed by atoms with Gasteiger partial charge in [-0.05, 0) is 53.8 Å². The van der Waals surface area contributed by atoms with Crippen molar-refractivity contribution < 1.29 is 4.74 Å². The van der Waals surface area contributed by atoms with Gasteiger partial charge >= 0.3 is 0 Å². The molecule has 0 aromatic heterocycles. The number of ether oxygens (including phenoxy) is 1. The molecule has 0 heterocycles. The van der Waals surface area contributed by atoms with E-state index in [0.29, 0.717) is 0 Å². The summed E-state index contributed by atoms with van der Waals surface area (Å²) in [6, 6.07) is 15.1. The minimum atomic E-state index is 0.872. The van der Waals surface area contributed by atoms with Crippen molar-refractivity contribution >= 4 is 0 Å². The Labute approximate surface area is 128 Å². The zero-order valence-electron chi connectivity index (χ0n) is 13.3. The summed E-state index contributed by atoms with van der Waals surface area (Å²) >= 11 is 0. The normalized spacial score (nSPS) is 10.6. The largest absolute Gasteiger partial charge is 0.497 e. The molecule has 0 spiro atoms. The van der Waals surface area contributed by atoms with Crippen LogP contribution in [0.4, 0.5) is 0 Å². The summed E-state index contributed by atoms with van der Waals surface area (Å²) in [4.78, 5) is 0. The Bertz CT molecular complexity index is 578. The molecular formula is C19H25NO. The molecule has 2 aromatic rings. The van der Waals surface area contributed by atoms with Crippen molar-refractivity contribution in [2.75, 3.05) is 13.7 Å². The number of methoxy groups -OCH3 is 1. The second kappa shape index (κ2) is 7.84. The molecule has 0 amide bonds. The molecule has 2 rings (SSSR count). The van der Waals surface area contributed by atoms with Gasteiger partial charge in [0, 0.05) is 6.54 Å². The molecule has 0 atom stereocenters. The predicted molar refractivity (Wildman–Crippen MR) is 89.8 cm³/mol. The van der Waals surface area contributed by atoms with Crippen LogP contribution in [0.5, 0.6) is 5.75 Å². The van der Waals surface area contributed by atoms with Crippen LogP contribution in [0.1, 0.15) is 31.4 Å². The molecule has 0 saturated heterocycles. The third-order valence-corrected chi connectivity index (χ3v) is 3.70. The molecule has 2 heteroatoms. The average Bonchev–Trinajstić information content (AvgIpc) is 2.55. The second-order valence-electron chi connectivity index (χ2n) is 5.25. The Morgan fingerprint density at radius 3 is 2.62 bits per heavy atom. The van der Waals surface area contributed by atoms with Crippen LogP contribution in [0.15, 0.2) is 42.5 Å². The lowest BCUT2D eigenvalue weighted by Crippen LogP contribution is -2.14. The van der Waals surface area contributed by atoms with Crippen molar-refractivity contribution in [1.29, 1.82) is 0 Å². The van der Waals surface area contributed by atoms with E-state index in [9.17, 15) is 0 Å². The summed E-state index contributed by atoms with van der Waals surface area (Å²) in [5, 5.41) is 3.49. The molecule has 0 aliphatic carbocycles. The molecule has 0 saturated carbocycles. The monoisotopic (exact) mass is 283 g/mol. The topological polar surface area (TPSA) is 21.3 Å². The van der Waals surface area contributed by atoms with Gasteiger partial charge in [0.25, 0.3) is 0 Å². The van der Waals surface area contributed by atoms with E-state index >= 15 is 0 Å². The van der Waals surface area contributed by atoms with Gasteiger partial charge in [0.15, 0.2) is 0 Å². The third-order valence-electron chi connectivity index (χ3n) is 3.70. The predicted octanol–water partition coefficient (Wildman–Crippen LogP) is 4.42. The second-order valence-corrected chi connectivity index (χ2v) is 5.25. The quantitative estimate of drug-likeness (QED) is 0.759. The fourth-order valence-corrected chi connectivity index (χ4v) is 2.48. The maximum absolute atomic E-state index is 5.37. The fraction of sp³-hybridized carbons (Fsp3) is 0.368. The number of aryl methyl sites for hydroxylation is 1. The highest BCUT2D eigenvalue weighted by Crippen LogP contribution is 2.28. The SMILES string of the molecule is CCCNCc1cc(OC)ccc1-c1cccc(CC)c1. The van der Waals surface area contributed by atoms with Crippen molar-refractivity contribution in [2.24, 2.45) is 0 Å². The first-order valence-electron chi connectivity index (χ1n) is 7.75. The van der Waals surface area contributed by atoms with E-state index in [1.807, 2.05) is 6.07 Å². The van der Waals surface area contributed by atoms with Crippen molar-refractivity contribution in [2.45, 2.75) is 33.2 Å². The molecule has 1 N–H and O–H groups in total. The van der Waals surface area contributed by atoms with Crippen LogP contribution in [-0.4, -0.2) is 13.7 Å². The summed E-state index contributed by atoms with van der Waals surface area (Å²) in [7, 11) is 1.72. The van der Waals surface area contributed by atoms with Gasteiger partial charge in [-0.2, -0.15) is 0 Å². The molecule has 0 aliphatic rings. The number of rotatable bonds is 7. The minimum absolute atomic E-state index is 0.872. The van der Waals surface area contributed by atoms with Crippen LogP contribution in [0.2, 0.25) is 0 Å². The number of hydrogen-bond acceptors (Lipinski definition) is 2. The van der Waals surface area contributed by atoms with Crippen LogP contribution in [0.25, 0.3) is 11.1 Å². The van der Waals surface area contributed by atoms with E-state index in [-0.39, 0.29) is 0 Å². The van der Waals surface area contributed by atoms with Crippen LogP contribution in [-0.2, 0) is 13.0 Å². The summed E-state index contributed by atoms with van der Waals surface area (Å²) in [6.45, 7) is 6.28. The van der Waals surface area contributed by atoms with Gasteiger partial charge in [-0.15, -0.1) is 0 Å². The number of benzene rings is 2. The first-order valence-corrected chi connectivity index (χ1v) is 7.75. The lowest BCUT2D eigenvalue weighted by Gasteiger charge is -2.13. The highest BCUT2D eigenvalue weighted by atomic mass is 16.5. The molecule has 2 aromatic carbocycles. The minimum Gasteiger partial charge on any atom is -0.497 e. The van der Waals surface area contributed by atoms with Gasteiger partial charge in [0.05, 0.1) is 7.11 Å². The zero-order chi connectivity index (χ0) is 15.1.